The Balaban J connectivity index is 1.36. The summed E-state index contributed by atoms with van der Waals surface area (Å²) >= 11 is 0. The Labute approximate surface area is 186 Å². The largest absolute Gasteiger partial charge is 0.485 e. The highest BCUT2D eigenvalue weighted by Crippen LogP contribution is 2.24. The first-order chi connectivity index (χ1) is 15.7. The van der Waals surface area contributed by atoms with Crippen molar-refractivity contribution in [2.75, 3.05) is 5.32 Å². The van der Waals surface area contributed by atoms with E-state index in [1.165, 1.54) is 0 Å². The maximum Gasteiger partial charge on any atom is 0.266 e. The molecule has 1 atom stereocenters. The van der Waals surface area contributed by atoms with Gasteiger partial charge in [-0.05, 0) is 60.0 Å². The molecule has 160 valence electrons. The minimum atomic E-state index is -0.715. The Hall–Kier alpha value is -4.19. The van der Waals surface area contributed by atoms with Crippen molar-refractivity contribution in [3.05, 3.63) is 103 Å². The highest BCUT2D eigenvalue weighted by Gasteiger charge is 2.17. The van der Waals surface area contributed by atoms with Gasteiger partial charge in [0.25, 0.3) is 5.91 Å². The molecule has 0 aliphatic carbocycles. The highest BCUT2D eigenvalue weighted by molar-refractivity contribution is 5.94. The van der Waals surface area contributed by atoms with Crippen molar-refractivity contribution in [1.29, 1.82) is 0 Å². The zero-order chi connectivity index (χ0) is 22.2. The van der Waals surface area contributed by atoms with E-state index in [-0.39, 0.29) is 5.91 Å². The second-order valence-electron chi connectivity index (χ2n) is 7.13. The number of nitrogens with zero attached hydrogens (tertiary/aromatic N) is 2. The molecule has 4 rings (SSSR count). The molecule has 0 aliphatic heterocycles. The quantitative estimate of drug-likeness (QED) is 0.424. The number of anilines is 1. The number of rotatable bonds is 8. The molecule has 0 saturated heterocycles. The molecule has 0 radical (unpaired) electrons. The SMILES string of the molecule is CC(Oc1ccc(-c2ccccc2)cc1)C(=O)Nc1ncccc1OCc1ccncc1. The molecule has 0 bridgehead atoms. The van der Waals surface area contributed by atoms with Gasteiger partial charge in [-0.3, -0.25) is 9.78 Å². The van der Waals surface area contributed by atoms with Gasteiger partial charge in [0.15, 0.2) is 17.7 Å². The molecule has 2 aromatic carbocycles. The number of ether oxygens (including phenoxy) is 2. The van der Waals surface area contributed by atoms with Crippen LogP contribution in [0.5, 0.6) is 11.5 Å². The van der Waals surface area contributed by atoms with Crippen molar-refractivity contribution >= 4 is 11.7 Å². The Bertz CT molecular complexity index is 1150. The van der Waals surface area contributed by atoms with E-state index < -0.39 is 6.10 Å². The van der Waals surface area contributed by atoms with E-state index in [0.717, 1.165) is 16.7 Å². The van der Waals surface area contributed by atoms with Gasteiger partial charge in [-0.15, -0.1) is 0 Å². The van der Waals surface area contributed by atoms with Crippen molar-refractivity contribution < 1.29 is 14.3 Å². The number of nitrogens with one attached hydrogen (secondary N) is 1. The minimum absolute atomic E-state index is 0.315. The van der Waals surface area contributed by atoms with E-state index in [9.17, 15) is 4.79 Å². The summed E-state index contributed by atoms with van der Waals surface area (Å²) in [6.45, 7) is 2.04. The molecule has 1 unspecified atom stereocenters. The fourth-order valence-electron chi connectivity index (χ4n) is 3.07. The topological polar surface area (TPSA) is 73.3 Å². The standard InChI is InChI=1S/C26H23N3O3/c1-19(32-23-11-9-22(10-12-23)21-6-3-2-4-7-21)26(30)29-25-24(8-5-15-28-25)31-18-20-13-16-27-17-14-20/h2-17,19H,18H2,1H3,(H,28,29,30). The summed E-state index contributed by atoms with van der Waals surface area (Å²) in [5.74, 6) is 1.13. The van der Waals surface area contributed by atoms with Gasteiger partial charge < -0.3 is 14.8 Å². The van der Waals surface area contributed by atoms with E-state index in [1.807, 2.05) is 66.7 Å². The molecule has 2 aromatic heterocycles. The third-order valence-electron chi connectivity index (χ3n) is 4.80. The summed E-state index contributed by atoms with van der Waals surface area (Å²) in [6, 6.07) is 25.0. The van der Waals surface area contributed by atoms with Crippen molar-refractivity contribution in [2.45, 2.75) is 19.6 Å². The summed E-state index contributed by atoms with van der Waals surface area (Å²) < 4.78 is 11.7. The first-order valence-corrected chi connectivity index (χ1v) is 10.3. The molecule has 0 saturated carbocycles. The van der Waals surface area contributed by atoms with Crippen molar-refractivity contribution in [1.82, 2.24) is 9.97 Å². The summed E-state index contributed by atoms with van der Waals surface area (Å²) in [4.78, 5) is 20.9. The van der Waals surface area contributed by atoms with Gasteiger partial charge in [0, 0.05) is 18.6 Å². The Morgan fingerprint density at radius 1 is 0.875 bits per heavy atom. The number of hydrogen-bond donors (Lipinski definition) is 1. The molecule has 32 heavy (non-hydrogen) atoms. The second-order valence-corrected chi connectivity index (χ2v) is 7.13. The molecule has 4 aromatic rings. The van der Waals surface area contributed by atoms with Crippen LogP contribution in [0.3, 0.4) is 0 Å². The van der Waals surface area contributed by atoms with Gasteiger partial charge in [0.1, 0.15) is 12.4 Å². The third-order valence-corrected chi connectivity index (χ3v) is 4.80. The first-order valence-electron chi connectivity index (χ1n) is 10.3. The van der Waals surface area contributed by atoms with Crippen molar-refractivity contribution in [3.63, 3.8) is 0 Å². The second kappa shape index (κ2) is 10.2. The van der Waals surface area contributed by atoms with Gasteiger partial charge in [-0.1, -0.05) is 42.5 Å². The molecule has 0 fully saturated rings. The summed E-state index contributed by atoms with van der Waals surface area (Å²) in [5, 5.41) is 2.79. The Morgan fingerprint density at radius 3 is 2.34 bits per heavy atom. The maximum absolute atomic E-state index is 12.7. The number of amides is 1. The zero-order valence-electron chi connectivity index (χ0n) is 17.6. The molecular formula is C26H23N3O3. The van der Waals surface area contributed by atoms with Crippen LogP contribution in [0.2, 0.25) is 0 Å². The van der Waals surface area contributed by atoms with Crippen LogP contribution in [0, 0.1) is 0 Å². The van der Waals surface area contributed by atoms with Crippen LogP contribution in [0.15, 0.2) is 97.5 Å². The van der Waals surface area contributed by atoms with Crippen molar-refractivity contribution in [3.8, 4) is 22.6 Å². The van der Waals surface area contributed by atoms with Crippen LogP contribution in [0.25, 0.3) is 11.1 Å². The van der Waals surface area contributed by atoms with E-state index in [1.54, 1.807) is 37.6 Å². The van der Waals surface area contributed by atoms with Crippen LogP contribution in [0.4, 0.5) is 5.82 Å². The lowest BCUT2D eigenvalue weighted by atomic mass is 10.1. The monoisotopic (exact) mass is 425 g/mol. The van der Waals surface area contributed by atoms with Crippen LogP contribution in [0.1, 0.15) is 12.5 Å². The molecule has 1 N–H and O–H groups in total. The number of carbonyl (C=O) groups excluding carboxylic acids is 1. The van der Waals surface area contributed by atoms with Crippen LogP contribution >= 0.6 is 0 Å². The average Bonchev–Trinajstić information content (AvgIpc) is 2.85. The lowest BCUT2D eigenvalue weighted by Crippen LogP contribution is -2.30. The predicted octanol–water partition coefficient (Wildman–Crippen LogP) is 5.13. The lowest BCUT2D eigenvalue weighted by molar-refractivity contribution is -0.122. The van der Waals surface area contributed by atoms with Crippen LogP contribution in [-0.2, 0) is 11.4 Å². The molecule has 2 heterocycles. The minimum Gasteiger partial charge on any atom is -0.485 e. The normalized spacial score (nSPS) is 11.4. The molecular weight excluding hydrogens is 402 g/mol. The summed E-state index contributed by atoms with van der Waals surface area (Å²) in [7, 11) is 0. The van der Waals surface area contributed by atoms with E-state index in [4.69, 9.17) is 9.47 Å². The fourth-order valence-corrected chi connectivity index (χ4v) is 3.07. The highest BCUT2D eigenvalue weighted by atomic mass is 16.5. The lowest BCUT2D eigenvalue weighted by Gasteiger charge is -2.16. The molecule has 0 spiro atoms. The van der Waals surface area contributed by atoms with E-state index >= 15 is 0 Å². The zero-order valence-corrected chi connectivity index (χ0v) is 17.6. The molecule has 1 amide bonds. The number of pyridine rings is 2. The maximum atomic E-state index is 12.7. The Morgan fingerprint density at radius 2 is 1.59 bits per heavy atom. The van der Waals surface area contributed by atoms with Gasteiger partial charge in [-0.2, -0.15) is 0 Å². The predicted molar refractivity (Wildman–Crippen MR) is 123 cm³/mol. The number of hydrogen-bond acceptors (Lipinski definition) is 5. The van der Waals surface area contributed by atoms with Crippen LogP contribution in [-0.4, -0.2) is 22.0 Å². The van der Waals surface area contributed by atoms with E-state index in [2.05, 4.69) is 15.3 Å². The summed E-state index contributed by atoms with van der Waals surface area (Å²) in [6.07, 6.45) is 4.29. The number of aromatic nitrogens is 2. The van der Waals surface area contributed by atoms with E-state index in [0.29, 0.717) is 23.9 Å². The fraction of sp³-hybridized carbons (Fsp3) is 0.115. The van der Waals surface area contributed by atoms with Gasteiger partial charge in [-0.25, -0.2) is 4.98 Å². The molecule has 0 aliphatic rings. The number of carbonyl (C=O) groups is 1. The van der Waals surface area contributed by atoms with Gasteiger partial charge in [0.05, 0.1) is 0 Å². The van der Waals surface area contributed by atoms with Gasteiger partial charge >= 0.3 is 0 Å². The average molecular weight is 425 g/mol. The summed E-state index contributed by atoms with van der Waals surface area (Å²) in [5.41, 5.74) is 3.18. The molecule has 6 heteroatoms. The van der Waals surface area contributed by atoms with Gasteiger partial charge in [0.2, 0.25) is 0 Å². The first kappa shape index (κ1) is 21.1. The van der Waals surface area contributed by atoms with Crippen molar-refractivity contribution in [2.24, 2.45) is 0 Å². The number of benzene rings is 2. The molecule has 6 nitrogen and oxygen atoms in total. The smallest absolute Gasteiger partial charge is 0.266 e. The Kier molecular flexibility index (Phi) is 6.72. The van der Waals surface area contributed by atoms with Crippen LogP contribution < -0.4 is 14.8 Å². The third kappa shape index (κ3) is 5.49.